The summed E-state index contributed by atoms with van der Waals surface area (Å²) in [5.41, 5.74) is 3.96. The van der Waals surface area contributed by atoms with Crippen molar-refractivity contribution >= 4 is 5.65 Å². The summed E-state index contributed by atoms with van der Waals surface area (Å²) < 4.78 is 1.94. The average Bonchev–Trinajstić information content (AvgIpc) is 2.42. The number of aryl methyl sites for hydroxylation is 2. The first kappa shape index (κ1) is 8.26. The first-order valence-electron chi connectivity index (χ1n) is 4.26. The van der Waals surface area contributed by atoms with Gasteiger partial charge in [0.2, 0.25) is 0 Å². The molecule has 0 aliphatic carbocycles. The molecule has 0 aromatic carbocycles. The number of fused-ring (bicyclic) bond motifs is 1. The average molecular weight is 176 g/mol. The molecule has 0 spiro atoms. The van der Waals surface area contributed by atoms with Crippen LogP contribution in [0.4, 0.5) is 0 Å². The molecule has 3 heteroatoms. The summed E-state index contributed by atoms with van der Waals surface area (Å²) in [6.45, 7) is 4.02. The number of nitrogens with zero attached hydrogens (tertiary/aromatic N) is 2. The van der Waals surface area contributed by atoms with Crippen LogP contribution in [0.2, 0.25) is 0 Å². The van der Waals surface area contributed by atoms with E-state index < -0.39 is 0 Å². The van der Waals surface area contributed by atoms with Gasteiger partial charge in [0.15, 0.2) is 0 Å². The van der Waals surface area contributed by atoms with E-state index in [2.05, 4.69) is 4.98 Å². The van der Waals surface area contributed by atoms with Gasteiger partial charge in [-0.2, -0.15) is 0 Å². The third-order valence-electron chi connectivity index (χ3n) is 2.20. The lowest BCUT2D eigenvalue weighted by molar-refractivity contribution is 0.280. The molecule has 0 radical (unpaired) electrons. The fourth-order valence-electron chi connectivity index (χ4n) is 1.47. The monoisotopic (exact) mass is 176 g/mol. The van der Waals surface area contributed by atoms with E-state index in [0.29, 0.717) is 0 Å². The summed E-state index contributed by atoms with van der Waals surface area (Å²) >= 11 is 0. The molecule has 0 amide bonds. The Labute approximate surface area is 76.7 Å². The van der Waals surface area contributed by atoms with E-state index in [1.807, 2.05) is 36.7 Å². The van der Waals surface area contributed by atoms with Gasteiger partial charge < -0.3 is 9.51 Å². The molecule has 0 aliphatic heterocycles. The molecular formula is C10H12N2O. The molecule has 3 nitrogen and oxygen atoms in total. The fourth-order valence-corrected chi connectivity index (χ4v) is 1.47. The fraction of sp³-hybridized carbons (Fsp3) is 0.300. The highest BCUT2D eigenvalue weighted by Crippen LogP contribution is 2.12. The van der Waals surface area contributed by atoms with Gasteiger partial charge >= 0.3 is 0 Å². The Morgan fingerprint density at radius 1 is 1.38 bits per heavy atom. The second kappa shape index (κ2) is 2.85. The van der Waals surface area contributed by atoms with Crippen LogP contribution in [0.5, 0.6) is 0 Å². The lowest BCUT2D eigenvalue weighted by Gasteiger charge is -2.02. The Balaban J connectivity index is 2.72. The van der Waals surface area contributed by atoms with Gasteiger partial charge in [-0.1, -0.05) is 0 Å². The summed E-state index contributed by atoms with van der Waals surface area (Å²) in [5, 5.41) is 9.05. The van der Waals surface area contributed by atoms with Gasteiger partial charge in [-0.05, 0) is 31.0 Å². The van der Waals surface area contributed by atoms with Crippen molar-refractivity contribution in [2.45, 2.75) is 20.5 Å². The molecule has 2 heterocycles. The zero-order valence-electron chi connectivity index (χ0n) is 7.78. The zero-order chi connectivity index (χ0) is 9.42. The van der Waals surface area contributed by atoms with Crippen LogP contribution in [0.1, 0.15) is 16.8 Å². The predicted molar refractivity (Wildman–Crippen MR) is 50.6 cm³/mol. The van der Waals surface area contributed by atoms with Gasteiger partial charge in [-0.15, -0.1) is 0 Å². The molecule has 0 saturated heterocycles. The van der Waals surface area contributed by atoms with E-state index in [1.54, 1.807) is 0 Å². The number of hydrogen-bond acceptors (Lipinski definition) is 2. The summed E-state index contributed by atoms with van der Waals surface area (Å²) in [7, 11) is 0. The second-order valence-corrected chi connectivity index (χ2v) is 3.29. The lowest BCUT2D eigenvalue weighted by atomic mass is 10.2. The van der Waals surface area contributed by atoms with Gasteiger partial charge in [0.25, 0.3) is 0 Å². The molecule has 0 fully saturated rings. The van der Waals surface area contributed by atoms with E-state index in [9.17, 15) is 0 Å². The van der Waals surface area contributed by atoms with E-state index in [4.69, 9.17) is 5.11 Å². The summed E-state index contributed by atoms with van der Waals surface area (Å²) in [6.07, 6.45) is 3.87. The van der Waals surface area contributed by atoms with Crippen molar-refractivity contribution in [3.8, 4) is 0 Å². The van der Waals surface area contributed by atoms with Crippen LogP contribution in [-0.2, 0) is 6.61 Å². The number of rotatable bonds is 1. The molecule has 0 atom stereocenters. The highest BCUT2D eigenvalue weighted by Gasteiger charge is 2.02. The molecular weight excluding hydrogens is 164 g/mol. The molecule has 2 aromatic rings. The Kier molecular flexibility index (Phi) is 1.81. The molecule has 0 aliphatic rings. The van der Waals surface area contributed by atoms with Crippen molar-refractivity contribution in [1.82, 2.24) is 9.38 Å². The number of pyridine rings is 1. The Bertz CT molecular complexity index is 445. The maximum Gasteiger partial charge on any atom is 0.137 e. The minimum absolute atomic E-state index is 0.0823. The number of aliphatic hydroxyl groups is 1. The minimum atomic E-state index is 0.0823. The molecule has 0 bridgehead atoms. The Morgan fingerprint density at radius 2 is 2.15 bits per heavy atom. The van der Waals surface area contributed by atoms with Crippen LogP contribution in [0, 0.1) is 13.8 Å². The van der Waals surface area contributed by atoms with E-state index in [1.165, 1.54) is 0 Å². The molecule has 1 N–H and O–H groups in total. The van der Waals surface area contributed by atoms with Crippen LogP contribution in [0.15, 0.2) is 18.5 Å². The summed E-state index contributed by atoms with van der Waals surface area (Å²) in [4.78, 5) is 4.33. The van der Waals surface area contributed by atoms with Gasteiger partial charge in [-0.3, -0.25) is 0 Å². The SMILES string of the molecule is Cc1cn2cc(CO)c(C)cc2n1. The lowest BCUT2D eigenvalue weighted by Crippen LogP contribution is -1.93. The molecule has 2 rings (SSSR count). The van der Waals surface area contributed by atoms with E-state index in [-0.39, 0.29) is 6.61 Å². The zero-order valence-corrected chi connectivity index (χ0v) is 7.78. The van der Waals surface area contributed by atoms with E-state index >= 15 is 0 Å². The van der Waals surface area contributed by atoms with Crippen molar-refractivity contribution < 1.29 is 5.11 Å². The maximum atomic E-state index is 9.05. The smallest absolute Gasteiger partial charge is 0.137 e. The van der Waals surface area contributed by atoms with Crippen LogP contribution in [0.25, 0.3) is 5.65 Å². The summed E-state index contributed by atoms with van der Waals surface area (Å²) in [5.74, 6) is 0. The van der Waals surface area contributed by atoms with Crippen molar-refractivity contribution in [1.29, 1.82) is 0 Å². The predicted octanol–water partition coefficient (Wildman–Crippen LogP) is 1.44. The van der Waals surface area contributed by atoms with Gasteiger partial charge in [0, 0.05) is 12.4 Å². The standard InChI is InChI=1S/C10H12N2O/c1-7-3-10-11-8(2)4-12(10)5-9(7)6-13/h3-5,13H,6H2,1-2H3. The maximum absolute atomic E-state index is 9.05. The normalized spacial score (nSPS) is 11.0. The van der Waals surface area contributed by atoms with Crippen molar-refractivity contribution in [3.63, 3.8) is 0 Å². The largest absolute Gasteiger partial charge is 0.392 e. The van der Waals surface area contributed by atoms with Crippen molar-refractivity contribution in [3.05, 3.63) is 35.3 Å². The number of imidazole rings is 1. The quantitative estimate of drug-likeness (QED) is 0.714. The first-order chi connectivity index (χ1) is 6.20. The molecule has 0 unspecified atom stereocenters. The minimum Gasteiger partial charge on any atom is -0.392 e. The summed E-state index contributed by atoms with van der Waals surface area (Å²) in [6, 6.07) is 1.98. The van der Waals surface area contributed by atoms with Crippen LogP contribution < -0.4 is 0 Å². The third-order valence-corrected chi connectivity index (χ3v) is 2.20. The van der Waals surface area contributed by atoms with Gasteiger partial charge in [0.1, 0.15) is 5.65 Å². The van der Waals surface area contributed by atoms with Crippen LogP contribution in [0.3, 0.4) is 0 Å². The molecule has 68 valence electrons. The number of aromatic nitrogens is 2. The molecule has 13 heavy (non-hydrogen) atoms. The number of hydrogen-bond donors (Lipinski definition) is 1. The highest BCUT2D eigenvalue weighted by atomic mass is 16.3. The van der Waals surface area contributed by atoms with Crippen molar-refractivity contribution in [2.75, 3.05) is 0 Å². The number of aliphatic hydroxyl groups excluding tert-OH is 1. The molecule has 2 aromatic heterocycles. The Hall–Kier alpha value is -1.35. The third kappa shape index (κ3) is 1.31. The Morgan fingerprint density at radius 3 is 2.85 bits per heavy atom. The van der Waals surface area contributed by atoms with Crippen LogP contribution in [-0.4, -0.2) is 14.5 Å². The molecule has 0 saturated carbocycles. The highest BCUT2D eigenvalue weighted by molar-refractivity contribution is 5.45. The van der Waals surface area contributed by atoms with Crippen molar-refractivity contribution in [2.24, 2.45) is 0 Å². The first-order valence-corrected chi connectivity index (χ1v) is 4.26. The van der Waals surface area contributed by atoms with Gasteiger partial charge in [-0.25, -0.2) is 4.98 Å². The second-order valence-electron chi connectivity index (χ2n) is 3.29. The van der Waals surface area contributed by atoms with E-state index in [0.717, 1.165) is 22.5 Å². The topological polar surface area (TPSA) is 37.5 Å². The van der Waals surface area contributed by atoms with Gasteiger partial charge in [0.05, 0.1) is 12.3 Å². The van der Waals surface area contributed by atoms with Crippen LogP contribution >= 0.6 is 0 Å².